The van der Waals surface area contributed by atoms with Crippen molar-refractivity contribution in [3.63, 3.8) is 0 Å². The molecule has 1 amide bonds. The number of para-hydroxylation sites is 1. The number of nitrogens with zero attached hydrogens (tertiary/aromatic N) is 3. The van der Waals surface area contributed by atoms with Gasteiger partial charge in [-0.25, -0.2) is 0 Å². The Balaban J connectivity index is 1.73. The number of carbonyl (C=O) groups excluding carboxylic acids is 1. The van der Waals surface area contributed by atoms with E-state index in [9.17, 15) is 4.79 Å². The molecule has 0 spiro atoms. The lowest BCUT2D eigenvalue weighted by Gasteiger charge is -2.10. The number of nitrogens with one attached hydrogen (secondary N) is 1. The minimum Gasteiger partial charge on any atom is -0.325 e. The standard InChI is InChI=1S/C17H18N4O/c1-12-7-9-21(20-12)10-8-17(22)19-16-11-13(2)18-15-6-4-3-5-14(15)16/h3-7,9,11H,8,10H2,1-2H3,(H,18,19,22). The molecule has 3 rings (SSSR count). The summed E-state index contributed by atoms with van der Waals surface area (Å²) in [4.78, 5) is 16.6. The maximum absolute atomic E-state index is 12.2. The highest BCUT2D eigenvalue weighted by atomic mass is 16.1. The Hall–Kier alpha value is -2.69. The Bertz CT molecular complexity index is 822. The first kappa shape index (κ1) is 14.3. The van der Waals surface area contributed by atoms with E-state index in [2.05, 4.69) is 15.4 Å². The topological polar surface area (TPSA) is 59.8 Å². The van der Waals surface area contributed by atoms with E-state index in [1.54, 1.807) is 4.68 Å². The molecule has 1 aromatic carbocycles. The van der Waals surface area contributed by atoms with Gasteiger partial charge in [0.2, 0.25) is 5.91 Å². The monoisotopic (exact) mass is 294 g/mol. The van der Waals surface area contributed by atoms with Crippen molar-refractivity contribution in [2.45, 2.75) is 26.8 Å². The first-order valence-electron chi connectivity index (χ1n) is 7.28. The van der Waals surface area contributed by atoms with E-state index in [1.165, 1.54) is 0 Å². The van der Waals surface area contributed by atoms with Gasteiger partial charge in [0, 0.05) is 30.2 Å². The van der Waals surface area contributed by atoms with E-state index in [-0.39, 0.29) is 5.91 Å². The van der Waals surface area contributed by atoms with E-state index < -0.39 is 0 Å². The van der Waals surface area contributed by atoms with Crippen molar-refractivity contribution in [2.24, 2.45) is 0 Å². The molecule has 0 aliphatic heterocycles. The number of rotatable bonds is 4. The minimum atomic E-state index is -0.0242. The molecule has 112 valence electrons. The van der Waals surface area contributed by atoms with Crippen LogP contribution in [0.1, 0.15) is 17.8 Å². The van der Waals surface area contributed by atoms with Gasteiger partial charge < -0.3 is 5.32 Å². The van der Waals surface area contributed by atoms with Crippen LogP contribution in [-0.4, -0.2) is 20.7 Å². The van der Waals surface area contributed by atoms with E-state index in [0.29, 0.717) is 13.0 Å². The van der Waals surface area contributed by atoms with Gasteiger partial charge in [-0.1, -0.05) is 18.2 Å². The number of benzene rings is 1. The highest BCUT2D eigenvalue weighted by molar-refractivity contribution is 6.00. The van der Waals surface area contributed by atoms with Crippen molar-refractivity contribution >= 4 is 22.5 Å². The predicted octanol–water partition coefficient (Wildman–Crippen LogP) is 3.08. The van der Waals surface area contributed by atoms with Gasteiger partial charge in [-0.2, -0.15) is 5.10 Å². The molecular weight excluding hydrogens is 276 g/mol. The quantitative estimate of drug-likeness (QED) is 0.804. The summed E-state index contributed by atoms with van der Waals surface area (Å²) in [6.45, 7) is 4.43. The highest BCUT2D eigenvalue weighted by Crippen LogP contribution is 2.23. The number of carbonyl (C=O) groups is 1. The van der Waals surface area contributed by atoms with Crippen molar-refractivity contribution in [1.82, 2.24) is 14.8 Å². The zero-order chi connectivity index (χ0) is 15.5. The molecule has 0 bridgehead atoms. The summed E-state index contributed by atoms with van der Waals surface area (Å²) in [6.07, 6.45) is 2.27. The van der Waals surface area contributed by atoms with Crippen LogP contribution in [0.4, 0.5) is 5.69 Å². The molecule has 0 saturated carbocycles. The van der Waals surface area contributed by atoms with Crippen LogP contribution in [-0.2, 0) is 11.3 Å². The summed E-state index contributed by atoms with van der Waals surface area (Å²) in [6, 6.07) is 11.6. The second kappa shape index (κ2) is 5.97. The second-order valence-electron chi connectivity index (χ2n) is 5.35. The largest absolute Gasteiger partial charge is 0.325 e. The lowest BCUT2D eigenvalue weighted by atomic mass is 10.1. The predicted molar refractivity (Wildman–Crippen MR) is 86.7 cm³/mol. The average molecular weight is 294 g/mol. The molecule has 0 radical (unpaired) electrons. The molecule has 1 N–H and O–H groups in total. The maximum Gasteiger partial charge on any atom is 0.226 e. The lowest BCUT2D eigenvalue weighted by molar-refractivity contribution is -0.116. The number of fused-ring (bicyclic) bond motifs is 1. The van der Waals surface area contributed by atoms with Gasteiger partial charge in [0.1, 0.15) is 0 Å². The maximum atomic E-state index is 12.2. The zero-order valence-corrected chi connectivity index (χ0v) is 12.7. The molecule has 5 heteroatoms. The van der Waals surface area contributed by atoms with Crippen LogP contribution in [0.3, 0.4) is 0 Å². The van der Waals surface area contributed by atoms with Crippen LogP contribution in [0.15, 0.2) is 42.6 Å². The molecule has 0 atom stereocenters. The van der Waals surface area contributed by atoms with Gasteiger partial charge in [0.15, 0.2) is 0 Å². The van der Waals surface area contributed by atoms with Crippen molar-refractivity contribution in [3.8, 4) is 0 Å². The van der Waals surface area contributed by atoms with Gasteiger partial charge >= 0.3 is 0 Å². The second-order valence-corrected chi connectivity index (χ2v) is 5.35. The minimum absolute atomic E-state index is 0.0242. The third-order valence-corrected chi connectivity index (χ3v) is 3.46. The van der Waals surface area contributed by atoms with Crippen LogP contribution in [0, 0.1) is 13.8 Å². The van der Waals surface area contributed by atoms with Crippen molar-refractivity contribution < 1.29 is 4.79 Å². The SMILES string of the molecule is Cc1cc(NC(=O)CCn2ccc(C)n2)c2ccccc2n1. The van der Waals surface area contributed by atoms with Gasteiger partial charge in [-0.3, -0.25) is 14.5 Å². The van der Waals surface area contributed by atoms with Gasteiger partial charge in [0.25, 0.3) is 0 Å². The van der Waals surface area contributed by atoms with Crippen LogP contribution in [0.2, 0.25) is 0 Å². The summed E-state index contributed by atoms with van der Waals surface area (Å²) in [5, 5.41) is 8.22. The Labute approximate surface area is 129 Å². The number of aryl methyl sites for hydroxylation is 3. The molecule has 0 saturated heterocycles. The Kier molecular flexibility index (Phi) is 3.87. The summed E-state index contributed by atoms with van der Waals surface area (Å²) in [5.41, 5.74) is 3.54. The first-order valence-corrected chi connectivity index (χ1v) is 7.28. The number of hydrogen-bond donors (Lipinski definition) is 1. The third kappa shape index (κ3) is 3.14. The molecule has 0 aliphatic carbocycles. The van der Waals surface area contributed by atoms with Gasteiger partial charge in [-0.15, -0.1) is 0 Å². The molecule has 2 heterocycles. The Morgan fingerprint density at radius 1 is 1.18 bits per heavy atom. The molecule has 3 aromatic rings. The van der Waals surface area contributed by atoms with Crippen molar-refractivity contribution in [1.29, 1.82) is 0 Å². The van der Waals surface area contributed by atoms with Gasteiger partial charge in [-0.05, 0) is 32.0 Å². The number of hydrogen-bond acceptors (Lipinski definition) is 3. The molecule has 0 aliphatic rings. The summed E-state index contributed by atoms with van der Waals surface area (Å²) in [5.74, 6) is -0.0242. The fraction of sp³-hybridized carbons (Fsp3) is 0.235. The first-order chi connectivity index (χ1) is 10.6. The number of pyridine rings is 1. The zero-order valence-electron chi connectivity index (χ0n) is 12.7. The average Bonchev–Trinajstić information content (AvgIpc) is 2.91. The third-order valence-electron chi connectivity index (χ3n) is 3.46. The van der Waals surface area contributed by atoms with Crippen LogP contribution < -0.4 is 5.32 Å². The van der Waals surface area contributed by atoms with Crippen LogP contribution in [0.5, 0.6) is 0 Å². The van der Waals surface area contributed by atoms with Crippen LogP contribution in [0.25, 0.3) is 10.9 Å². The van der Waals surface area contributed by atoms with Crippen molar-refractivity contribution in [3.05, 3.63) is 54.0 Å². The molecule has 0 unspecified atom stereocenters. The smallest absolute Gasteiger partial charge is 0.226 e. The van der Waals surface area contributed by atoms with Gasteiger partial charge in [0.05, 0.1) is 16.9 Å². The Morgan fingerprint density at radius 3 is 2.77 bits per heavy atom. The van der Waals surface area contributed by atoms with E-state index in [1.807, 2.05) is 56.4 Å². The van der Waals surface area contributed by atoms with Crippen LogP contribution >= 0.6 is 0 Å². The fourth-order valence-electron chi connectivity index (χ4n) is 2.43. The summed E-state index contributed by atoms with van der Waals surface area (Å²) >= 11 is 0. The molecule has 0 fully saturated rings. The molecule has 2 aromatic heterocycles. The van der Waals surface area contributed by atoms with Crippen molar-refractivity contribution in [2.75, 3.05) is 5.32 Å². The molecule has 22 heavy (non-hydrogen) atoms. The summed E-state index contributed by atoms with van der Waals surface area (Å²) < 4.78 is 1.78. The lowest BCUT2D eigenvalue weighted by Crippen LogP contribution is -2.15. The Morgan fingerprint density at radius 2 is 2.00 bits per heavy atom. The number of anilines is 1. The van der Waals surface area contributed by atoms with E-state index in [0.717, 1.165) is 28.0 Å². The van der Waals surface area contributed by atoms with E-state index in [4.69, 9.17) is 0 Å². The molecular formula is C17H18N4O. The fourth-order valence-corrected chi connectivity index (χ4v) is 2.43. The highest BCUT2D eigenvalue weighted by Gasteiger charge is 2.08. The number of amides is 1. The van der Waals surface area contributed by atoms with E-state index >= 15 is 0 Å². The molecule has 5 nitrogen and oxygen atoms in total. The number of aromatic nitrogens is 3. The summed E-state index contributed by atoms with van der Waals surface area (Å²) in [7, 11) is 0. The normalized spacial score (nSPS) is 10.8.